The van der Waals surface area contributed by atoms with E-state index >= 15 is 0 Å². The summed E-state index contributed by atoms with van der Waals surface area (Å²) in [4.78, 5) is 6.93. The molecule has 1 atom stereocenters. The van der Waals surface area contributed by atoms with Crippen LogP contribution >= 0.6 is 11.3 Å². The molecular weight excluding hydrogens is 254 g/mol. The van der Waals surface area contributed by atoms with E-state index in [4.69, 9.17) is 5.73 Å². The number of nitrogens with zero attached hydrogens (tertiary/aromatic N) is 2. The Balaban J connectivity index is 1.79. The minimum atomic E-state index is 0.000277. The molecule has 2 aromatic rings. The Morgan fingerprint density at radius 2 is 2.26 bits per heavy atom. The van der Waals surface area contributed by atoms with Crippen molar-refractivity contribution in [2.45, 2.75) is 38.4 Å². The van der Waals surface area contributed by atoms with Crippen LogP contribution in [0.3, 0.4) is 0 Å². The molecule has 2 N–H and O–H groups in total. The fraction of sp³-hybridized carbons (Fsp3) is 0.400. The van der Waals surface area contributed by atoms with Gasteiger partial charge in [-0.1, -0.05) is 0 Å². The first-order chi connectivity index (χ1) is 9.24. The van der Waals surface area contributed by atoms with E-state index < -0.39 is 0 Å². The molecule has 100 valence electrons. The van der Waals surface area contributed by atoms with Crippen molar-refractivity contribution in [3.63, 3.8) is 0 Å². The van der Waals surface area contributed by atoms with Gasteiger partial charge >= 0.3 is 0 Å². The van der Waals surface area contributed by atoms with Crippen molar-refractivity contribution in [3.05, 3.63) is 46.4 Å². The predicted octanol–water partition coefficient (Wildman–Crippen LogP) is 3.33. The fourth-order valence-corrected chi connectivity index (χ4v) is 2.89. The third kappa shape index (κ3) is 2.96. The standard InChI is InChI=1S/C15H19N3S/c1-11(16)15-5-4-14(8-17-15)18(13-2-3-13)9-12-6-7-19-10-12/h4-8,10-11,13H,2-3,9,16H2,1H3/t11-/m1/s1. The highest BCUT2D eigenvalue weighted by Gasteiger charge is 2.29. The van der Waals surface area contributed by atoms with Crippen molar-refractivity contribution >= 4 is 17.0 Å². The highest BCUT2D eigenvalue weighted by atomic mass is 32.1. The third-order valence-electron chi connectivity index (χ3n) is 3.49. The lowest BCUT2D eigenvalue weighted by molar-refractivity contribution is 0.767. The van der Waals surface area contributed by atoms with E-state index in [2.05, 4.69) is 32.8 Å². The van der Waals surface area contributed by atoms with Crippen LogP contribution in [0.5, 0.6) is 0 Å². The molecule has 0 aromatic carbocycles. The summed E-state index contributed by atoms with van der Waals surface area (Å²) < 4.78 is 0. The summed E-state index contributed by atoms with van der Waals surface area (Å²) in [6, 6.07) is 7.08. The second-order valence-electron chi connectivity index (χ2n) is 5.22. The van der Waals surface area contributed by atoms with Crippen LogP contribution < -0.4 is 10.6 Å². The molecule has 0 radical (unpaired) electrons. The van der Waals surface area contributed by atoms with Gasteiger partial charge in [0, 0.05) is 18.6 Å². The average molecular weight is 273 g/mol. The lowest BCUT2D eigenvalue weighted by atomic mass is 10.2. The molecule has 0 spiro atoms. The Labute approximate surface area is 118 Å². The number of rotatable bonds is 5. The lowest BCUT2D eigenvalue weighted by Crippen LogP contribution is -2.25. The number of pyridine rings is 1. The number of anilines is 1. The van der Waals surface area contributed by atoms with Crippen LogP contribution in [-0.4, -0.2) is 11.0 Å². The van der Waals surface area contributed by atoms with Crippen LogP contribution in [0.4, 0.5) is 5.69 Å². The number of thiophene rings is 1. The molecule has 0 aliphatic heterocycles. The van der Waals surface area contributed by atoms with Gasteiger partial charge in [-0.25, -0.2) is 0 Å². The number of hydrogen-bond donors (Lipinski definition) is 1. The summed E-state index contributed by atoms with van der Waals surface area (Å²) in [5.74, 6) is 0. The topological polar surface area (TPSA) is 42.1 Å². The van der Waals surface area contributed by atoms with Crippen molar-refractivity contribution in [3.8, 4) is 0 Å². The molecule has 0 saturated heterocycles. The number of hydrogen-bond acceptors (Lipinski definition) is 4. The van der Waals surface area contributed by atoms with Crippen LogP contribution in [0, 0.1) is 0 Å². The maximum atomic E-state index is 5.85. The number of aromatic nitrogens is 1. The van der Waals surface area contributed by atoms with Crippen molar-refractivity contribution in [1.29, 1.82) is 0 Å². The molecule has 4 heteroatoms. The molecule has 0 amide bonds. The molecule has 19 heavy (non-hydrogen) atoms. The van der Waals surface area contributed by atoms with Gasteiger partial charge in [0.25, 0.3) is 0 Å². The molecule has 0 unspecified atom stereocenters. The first-order valence-corrected chi connectivity index (χ1v) is 7.67. The van der Waals surface area contributed by atoms with Gasteiger partial charge < -0.3 is 10.6 Å². The van der Waals surface area contributed by atoms with Crippen molar-refractivity contribution in [2.24, 2.45) is 5.73 Å². The molecule has 1 fully saturated rings. The average Bonchev–Trinajstić information content (AvgIpc) is 3.13. The van der Waals surface area contributed by atoms with Crippen LogP contribution in [0.25, 0.3) is 0 Å². The van der Waals surface area contributed by atoms with Gasteiger partial charge in [0.15, 0.2) is 0 Å². The molecule has 2 aromatic heterocycles. The second kappa shape index (κ2) is 5.31. The molecular formula is C15H19N3S. The minimum Gasteiger partial charge on any atom is -0.363 e. The van der Waals surface area contributed by atoms with E-state index in [1.165, 1.54) is 24.1 Å². The molecule has 2 heterocycles. The summed E-state index contributed by atoms with van der Waals surface area (Å²) >= 11 is 1.76. The lowest BCUT2D eigenvalue weighted by Gasteiger charge is -2.24. The smallest absolute Gasteiger partial charge is 0.0569 e. The first-order valence-electron chi connectivity index (χ1n) is 6.73. The second-order valence-corrected chi connectivity index (χ2v) is 6.00. The third-order valence-corrected chi connectivity index (χ3v) is 4.22. The fourth-order valence-electron chi connectivity index (χ4n) is 2.23. The number of nitrogens with two attached hydrogens (primary N) is 1. The highest BCUT2D eigenvalue weighted by molar-refractivity contribution is 7.07. The Morgan fingerprint density at radius 3 is 2.79 bits per heavy atom. The summed E-state index contributed by atoms with van der Waals surface area (Å²) in [5.41, 5.74) is 9.39. The van der Waals surface area contributed by atoms with Gasteiger partial charge in [-0.3, -0.25) is 4.98 Å². The maximum absolute atomic E-state index is 5.85. The zero-order chi connectivity index (χ0) is 13.2. The van der Waals surface area contributed by atoms with Crippen LogP contribution in [0.1, 0.15) is 37.1 Å². The highest BCUT2D eigenvalue weighted by Crippen LogP contribution is 2.33. The summed E-state index contributed by atoms with van der Waals surface area (Å²) in [7, 11) is 0. The maximum Gasteiger partial charge on any atom is 0.0569 e. The minimum absolute atomic E-state index is 0.000277. The Hall–Kier alpha value is -1.39. The molecule has 0 bridgehead atoms. The Kier molecular flexibility index (Phi) is 3.53. The van der Waals surface area contributed by atoms with Gasteiger partial charge in [0.1, 0.15) is 0 Å². The molecule has 3 rings (SSSR count). The van der Waals surface area contributed by atoms with E-state index in [-0.39, 0.29) is 6.04 Å². The van der Waals surface area contributed by atoms with Gasteiger partial charge in [0.05, 0.1) is 17.6 Å². The monoisotopic (exact) mass is 273 g/mol. The molecule has 1 saturated carbocycles. The van der Waals surface area contributed by atoms with E-state index in [1.807, 2.05) is 19.2 Å². The molecule has 3 nitrogen and oxygen atoms in total. The normalized spacial score (nSPS) is 16.3. The largest absolute Gasteiger partial charge is 0.363 e. The van der Waals surface area contributed by atoms with Gasteiger partial charge in [-0.15, -0.1) is 0 Å². The van der Waals surface area contributed by atoms with Gasteiger partial charge in [-0.2, -0.15) is 11.3 Å². The zero-order valence-electron chi connectivity index (χ0n) is 11.1. The van der Waals surface area contributed by atoms with Crippen LogP contribution in [-0.2, 0) is 6.54 Å². The summed E-state index contributed by atoms with van der Waals surface area (Å²) in [5, 5.41) is 4.36. The Bertz CT molecular complexity index is 515. The molecule has 1 aliphatic rings. The van der Waals surface area contributed by atoms with E-state index in [0.717, 1.165) is 12.2 Å². The molecule has 1 aliphatic carbocycles. The predicted molar refractivity (Wildman–Crippen MR) is 80.4 cm³/mol. The van der Waals surface area contributed by atoms with Crippen molar-refractivity contribution in [1.82, 2.24) is 4.98 Å². The summed E-state index contributed by atoms with van der Waals surface area (Å²) in [6.45, 7) is 2.94. The Morgan fingerprint density at radius 1 is 1.42 bits per heavy atom. The quantitative estimate of drug-likeness (QED) is 0.908. The van der Waals surface area contributed by atoms with Gasteiger partial charge in [0.2, 0.25) is 0 Å². The SMILES string of the molecule is C[C@@H](N)c1ccc(N(Cc2ccsc2)C2CC2)cn1. The van der Waals surface area contributed by atoms with Gasteiger partial charge in [-0.05, 0) is 54.3 Å². The summed E-state index contributed by atoms with van der Waals surface area (Å²) in [6.07, 6.45) is 4.54. The zero-order valence-corrected chi connectivity index (χ0v) is 11.9. The van der Waals surface area contributed by atoms with E-state index in [9.17, 15) is 0 Å². The first kappa shape index (κ1) is 12.6. The van der Waals surface area contributed by atoms with Crippen molar-refractivity contribution < 1.29 is 0 Å². The van der Waals surface area contributed by atoms with E-state index in [0.29, 0.717) is 6.04 Å². The van der Waals surface area contributed by atoms with Crippen LogP contribution in [0.15, 0.2) is 35.2 Å². The van der Waals surface area contributed by atoms with E-state index in [1.54, 1.807) is 11.3 Å². The van der Waals surface area contributed by atoms with Crippen molar-refractivity contribution in [2.75, 3.05) is 4.90 Å². The van der Waals surface area contributed by atoms with Crippen LogP contribution in [0.2, 0.25) is 0 Å².